The molecule has 0 radical (unpaired) electrons. The van der Waals surface area contributed by atoms with Gasteiger partial charge in [-0.1, -0.05) is 0 Å². The number of aromatic nitrogens is 4. The molecule has 6 nitrogen and oxygen atoms in total. The van der Waals surface area contributed by atoms with Crippen LogP contribution in [0.5, 0.6) is 0 Å². The Morgan fingerprint density at radius 2 is 2.13 bits per heavy atom. The van der Waals surface area contributed by atoms with E-state index in [1.165, 1.54) is 17.0 Å². The van der Waals surface area contributed by atoms with E-state index in [9.17, 15) is 4.79 Å². The Kier molecular flexibility index (Phi) is 2.42. The molecule has 0 atom stereocenters. The summed E-state index contributed by atoms with van der Waals surface area (Å²) in [7, 11) is 3.19. The van der Waals surface area contributed by atoms with Crippen LogP contribution < -0.4 is 5.56 Å². The van der Waals surface area contributed by atoms with E-state index in [0.29, 0.717) is 11.5 Å². The van der Waals surface area contributed by atoms with Gasteiger partial charge in [0.1, 0.15) is 12.4 Å². The molecule has 0 unspecified atom stereocenters. The van der Waals surface area contributed by atoms with Crippen LogP contribution in [0.2, 0.25) is 0 Å². The van der Waals surface area contributed by atoms with Gasteiger partial charge in [0.05, 0.1) is 0 Å². The van der Waals surface area contributed by atoms with Gasteiger partial charge in [0.25, 0.3) is 5.56 Å². The van der Waals surface area contributed by atoms with Crippen molar-refractivity contribution >= 4 is 11.2 Å². The SMILES string of the molecule is COCc1nc2nccnc2c(=O)n1C. The lowest BCUT2D eigenvalue weighted by atomic mass is 10.4. The molecule has 2 aromatic rings. The standard InChI is InChI=1S/C9H10N4O2/c1-13-6(5-15-2)12-8-7(9(13)14)10-3-4-11-8/h3-4H,5H2,1-2H3. The first-order valence-corrected chi connectivity index (χ1v) is 4.39. The molecule has 0 fully saturated rings. The Morgan fingerprint density at radius 3 is 2.87 bits per heavy atom. The molecule has 0 saturated heterocycles. The van der Waals surface area contributed by atoms with Gasteiger partial charge in [0.2, 0.25) is 0 Å². The summed E-state index contributed by atoms with van der Waals surface area (Å²) in [6.45, 7) is 0.276. The molecule has 0 aromatic carbocycles. The van der Waals surface area contributed by atoms with Gasteiger partial charge in [-0.25, -0.2) is 15.0 Å². The zero-order valence-corrected chi connectivity index (χ0v) is 8.47. The quantitative estimate of drug-likeness (QED) is 0.684. The van der Waals surface area contributed by atoms with Gasteiger partial charge in [0.15, 0.2) is 11.2 Å². The summed E-state index contributed by atoms with van der Waals surface area (Å²) in [6, 6.07) is 0. The molecular weight excluding hydrogens is 196 g/mol. The first kappa shape index (κ1) is 9.72. The monoisotopic (exact) mass is 206 g/mol. The number of hydrogen-bond acceptors (Lipinski definition) is 5. The van der Waals surface area contributed by atoms with Crippen LogP contribution in [0.4, 0.5) is 0 Å². The summed E-state index contributed by atoms with van der Waals surface area (Å²) in [6.07, 6.45) is 2.98. The van der Waals surface area contributed by atoms with E-state index in [2.05, 4.69) is 15.0 Å². The second kappa shape index (κ2) is 3.74. The van der Waals surface area contributed by atoms with E-state index < -0.39 is 0 Å². The van der Waals surface area contributed by atoms with Crippen LogP contribution in [0, 0.1) is 0 Å². The number of nitrogens with zero attached hydrogens (tertiary/aromatic N) is 4. The Morgan fingerprint density at radius 1 is 1.40 bits per heavy atom. The van der Waals surface area contributed by atoms with E-state index in [0.717, 1.165) is 0 Å². The second-order valence-corrected chi connectivity index (χ2v) is 3.05. The van der Waals surface area contributed by atoms with Crippen LogP contribution in [0.15, 0.2) is 17.2 Å². The summed E-state index contributed by atoms with van der Waals surface area (Å²) in [5.41, 5.74) is 0.424. The average Bonchev–Trinajstić information content (AvgIpc) is 2.26. The molecule has 0 spiro atoms. The van der Waals surface area contributed by atoms with E-state index in [1.807, 2.05) is 0 Å². The lowest BCUT2D eigenvalue weighted by Crippen LogP contribution is -2.23. The number of fused-ring (bicyclic) bond motifs is 1. The molecule has 6 heteroatoms. The minimum absolute atomic E-state index is 0.208. The highest BCUT2D eigenvalue weighted by atomic mass is 16.5. The normalized spacial score (nSPS) is 10.8. The molecule has 2 rings (SSSR count). The molecule has 2 heterocycles. The first-order chi connectivity index (χ1) is 7.24. The van der Waals surface area contributed by atoms with Crippen LogP contribution in [-0.4, -0.2) is 26.6 Å². The summed E-state index contributed by atoms with van der Waals surface area (Å²) >= 11 is 0. The summed E-state index contributed by atoms with van der Waals surface area (Å²) < 4.78 is 6.36. The lowest BCUT2D eigenvalue weighted by molar-refractivity contribution is 0.174. The zero-order valence-electron chi connectivity index (χ0n) is 8.47. The summed E-state index contributed by atoms with van der Waals surface area (Å²) in [5.74, 6) is 0.538. The van der Waals surface area contributed by atoms with Crippen LogP contribution in [0.3, 0.4) is 0 Å². The fourth-order valence-corrected chi connectivity index (χ4v) is 1.29. The van der Waals surface area contributed by atoms with Crippen molar-refractivity contribution in [3.63, 3.8) is 0 Å². The second-order valence-electron chi connectivity index (χ2n) is 3.05. The third-order valence-corrected chi connectivity index (χ3v) is 2.08. The molecule has 0 aliphatic carbocycles. The van der Waals surface area contributed by atoms with Gasteiger partial charge in [-0.3, -0.25) is 9.36 Å². The van der Waals surface area contributed by atoms with Gasteiger partial charge < -0.3 is 4.74 Å². The molecule has 0 amide bonds. The van der Waals surface area contributed by atoms with E-state index in [1.54, 1.807) is 14.2 Å². The molecular formula is C9H10N4O2. The highest BCUT2D eigenvalue weighted by Gasteiger charge is 2.08. The number of rotatable bonds is 2. The summed E-state index contributed by atoms with van der Waals surface area (Å²) in [4.78, 5) is 23.9. The maximum atomic E-state index is 11.8. The van der Waals surface area contributed by atoms with Crippen molar-refractivity contribution in [2.45, 2.75) is 6.61 Å². The Balaban J connectivity index is 2.77. The smallest absolute Gasteiger partial charge is 0.281 e. The van der Waals surface area contributed by atoms with Crippen molar-refractivity contribution in [1.29, 1.82) is 0 Å². The van der Waals surface area contributed by atoms with Crippen molar-refractivity contribution in [1.82, 2.24) is 19.5 Å². The van der Waals surface area contributed by atoms with Crippen LogP contribution in [0.25, 0.3) is 11.2 Å². The highest BCUT2D eigenvalue weighted by Crippen LogP contribution is 2.01. The molecule has 2 aromatic heterocycles. The third kappa shape index (κ3) is 1.59. The van der Waals surface area contributed by atoms with Gasteiger partial charge in [0, 0.05) is 26.6 Å². The van der Waals surface area contributed by atoms with Gasteiger partial charge in [-0.05, 0) is 0 Å². The maximum absolute atomic E-state index is 11.8. The van der Waals surface area contributed by atoms with Crippen molar-refractivity contribution < 1.29 is 4.74 Å². The number of hydrogen-bond donors (Lipinski definition) is 0. The lowest BCUT2D eigenvalue weighted by Gasteiger charge is -2.06. The Hall–Kier alpha value is -1.82. The van der Waals surface area contributed by atoms with Crippen LogP contribution in [-0.2, 0) is 18.4 Å². The van der Waals surface area contributed by atoms with Crippen molar-refractivity contribution in [2.75, 3.05) is 7.11 Å². The van der Waals surface area contributed by atoms with E-state index in [-0.39, 0.29) is 17.7 Å². The van der Waals surface area contributed by atoms with Gasteiger partial charge >= 0.3 is 0 Å². The summed E-state index contributed by atoms with van der Waals surface area (Å²) in [5, 5.41) is 0. The average molecular weight is 206 g/mol. The van der Waals surface area contributed by atoms with Crippen molar-refractivity contribution in [3.05, 3.63) is 28.6 Å². The van der Waals surface area contributed by atoms with Crippen LogP contribution in [0.1, 0.15) is 5.82 Å². The van der Waals surface area contributed by atoms with Gasteiger partial charge in [-0.15, -0.1) is 0 Å². The predicted molar refractivity (Wildman–Crippen MR) is 53.3 cm³/mol. The van der Waals surface area contributed by atoms with Crippen molar-refractivity contribution in [2.24, 2.45) is 7.05 Å². The molecule has 78 valence electrons. The maximum Gasteiger partial charge on any atom is 0.281 e. The fourth-order valence-electron chi connectivity index (χ4n) is 1.29. The topological polar surface area (TPSA) is 69.9 Å². The minimum Gasteiger partial charge on any atom is -0.377 e. The van der Waals surface area contributed by atoms with E-state index in [4.69, 9.17) is 4.74 Å². The molecule has 0 aliphatic rings. The molecule has 0 aliphatic heterocycles. The third-order valence-electron chi connectivity index (χ3n) is 2.08. The number of ether oxygens (including phenoxy) is 1. The highest BCUT2D eigenvalue weighted by molar-refractivity contribution is 5.67. The minimum atomic E-state index is -0.208. The van der Waals surface area contributed by atoms with Gasteiger partial charge in [-0.2, -0.15) is 0 Å². The molecule has 15 heavy (non-hydrogen) atoms. The molecule has 0 bridgehead atoms. The van der Waals surface area contributed by atoms with Crippen molar-refractivity contribution in [3.8, 4) is 0 Å². The Bertz CT molecular complexity index is 549. The fraction of sp³-hybridized carbons (Fsp3) is 0.333. The first-order valence-electron chi connectivity index (χ1n) is 4.39. The largest absolute Gasteiger partial charge is 0.377 e. The zero-order chi connectivity index (χ0) is 10.8. The molecule has 0 saturated carbocycles. The predicted octanol–water partition coefficient (Wildman–Crippen LogP) is -0.130. The number of methoxy groups -OCH3 is 1. The Labute approximate surface area is 85.6 Å². The van der Waals surface area contributed by atoms with E-state index >= 15 is 0 Å². The molecule has 0 N–H and O–H groups in total. The van der Waals surface area contributed by atoms with Crippen LogP contribution >= 0.6 is 0 Å².